The summed E-state index contributed by atoms with van der Waals surface area (Å²) in [7, 11) is 0. The normalized spacial score (nSPS) is 10.6. The monoisotopic (exact) mass is 263 g/mol. The van der Waals surface area contributed by atoms with Gasteiger partial charge in [0.25, 0.3) is 0 Å². The van der Waals surface area contributed by atoms with E-state index in [1.807, 2.05) is 31.2 Å². The van der Waals surface area contributed by atoms with Crippen LogP contribution in [0, 0.1) is 0 Å². The number of benzene rings is 1. The van der Waals surface area contributed by atoms with Gasteiger partial charge < -0.3 is 16.0 Å². The highest BCUT2D eigenvalue weighted by Crippen LogP contribution is 2.17. The lowest BCUT2D eigenvalue weighted by Crippen LogP contribution is -2.41. The molecule has 0 bridgehead atoms. The van der Waals surface area contributed by atoms with Crippen molar-refractivity contribution >= 4 is 11.6 Å². The minimum atomic E-state index is 0.0680. The smallest absolute Gasteiger partial charge is 0.239 e. The van der Waals surface area contributed by atoms with Crippen molar-refractivity contribution in [1.29, 1.82) is 0 Å². The zero-order valence-electron chi connectivity index (χ0n) is 12.1. The van der Waals surface area contributed by atoms with E-state index in [0.29, 0.717) is 13.1 Å². The van der Waals surface area contributed by atoms with Crippen LogP contribution in [-0.2, 0) is 11.3 Å². The number of amides is 1. The van der Waals surface area contributed by atoms with E-state index in [1.165, 1.54) is 0 Å². The van der Waals surface area contributed by atoms with Gasteiger partial charge in [-0.25, -0.2) is 0 Å². The van der Waals surface area contributed by atoms with Gasteiger partial charge in [-0.05, 0) is 38.0 Å². The first-order valence-electron chi connectivity index (χ1n) is 6.90. The van der Waals surface area contributed by atoms with Crippen molar-refractivity contribution in [1.82, 2.24) is 5.32 Å². The highest BCUT2D eigenvalue weighted by Gasteiger charge is 2.14. The van der Waals surface area contributed by atoms with E-state index in [4.69, 9.17) is 5.73 Å². The number of nitrogens with two attached hydrogens (primary N) is 1. The molecular weight excluding hydrogens is 238 g/mol. The van der Waals surface area contributed by atoms with Gasteiger partial charge in [-0.15, -0.1) is 0 Å². The van der Waals surface area contributed by atoms with E-state index in [9.17, 15) is 4.79 Å². The Balaban J connectivity index is 2.73. The fraction of sp³-hybridized carbons (Fsp3) is 0.533. The molecule has 0 saturated carbocycles. The van der Waals surface area contributed by atoms with Crippen LogP contribution < -0.4 is 16.0 Å². The van der Waals surface area contributed by atoms with Gasteiger partial charge in [-0.2, -0.15) is 0 Å². The van der Waals surface area contributed by atoms with Crippen LogP contribution in [0.15, 0.2) is 24.3 Å². The molecule has 0 spiro atoms. The second kappa shape index (κ2) is 7.79. The highest BCUT2D eigenvalue weighted by atomic mass is 16.2. The second-order valence-corrected chi connectivity index (χ2v) is 4.94. The number of nitrogens with zero attached hydrogens (tertiary/aromatic N) is 1. The van der Waals surface area contributed by atoms with Crippen molar-refractivity contribution in [3.05, 3.63) is 29.8 Å². The van der Waals surface area contributed by atoms with Crippen molar-refractivity contribution in [2.24, 2.45) is 5.73 Å². The number of nitrogens with one attached hydrogen (secondary N) is 1. The van der Waals surface area contributed by atoms with Gasteiger partial charge in [0.2, 0.25) is 5.91 Å². The first-order valence-corrected chi connectivity index (χ1v) is 6.90. The van der Waals surface area contributed by atoms with E-state index in [1.54, 1.807) is 0 Å². The largest absolute Gasteiger partial charge is 0.360 e. The third-order valence-corrected chi connectivity index (χ3v) is 3.01. The molecule has 4 heteroatoms. The number of anilines is 1. The molecule has 4 nitrogen and oxygen atoms in total. The van der Waals surface area contributed by atoms with E-state index < -0.39 is 0 Å². The maximum Gasteiger partial charge on any atom is 0.239 e. The molecule has 1 amide bonds. The van der Waals surface area contributed by atoms with Gasteiger partial charge in [0.15, 0.2) is 0 Å². The molecule has 1 rings (SSSR count). The van der Waals surface area contributed by atoms with Crippen molar-refractivity contribution in [2.45, 2.75) is 39.8 Å². The zero-order valence-corrected chi connectivity index (χ0v) is 12.1. The summed E-state index contributed by atoms with van der Waals surface area (Å²) in [5.74, 6) is 0.0680. The summed E-state index contributed by atoms with van der Waals surface area (Å²) >= 11 is 0. The van der Waals surface area contributed by atoms with Crippen LogP contribution in [0.2, 0.25) is 0 Å². The first-order chi connectivity index (χ1) is 9.08. The summed E-state index contributed by atoms with van der Waals surface area (Å²) in [6.45, 7) is 7.88. The number of hydrogen-bond donors (Lipinski definition) is 2. The summed E-state index contributed by atoms with van der Waals surface area (Å²) in [5, 5.41) is 2.91. The molecular formula is C15H25N3O. The maximum absolute atomic E-state index is 11.8. The van der Waals surface area contributed by atoms with E-state index >= 15 is 0 Å². The van der Waals surface area contributed by atoms with Gasteiger partial charge in [0.05, 0.1) is 6.54 Å². The van der Waals surface area contributed by atoms with E-state index in [0.717, 1.165) is 24.2 Å². The molecule has 1 aromatic rings. The Bertz CT molecular complexity index is 387. The molecule has 0 aliphatic rings. The summed E-state index contributed by atoms with van der Waals surface area (Å²) in [6.07, 6.45) is 0.957. The summed E-state index contributed by atoms with van der Waals surface area (Å²) in [6, 6.07) is 8.34. The molecule has 0 unspecified atom stereocenters. The fourth-order valence-corrected chi connectivity index (χ4v) is 1.87. The molecule has 0 aliphatic heterocycles. The minimum absolute atomic E-state index is 0.0680. The Morgan fingerprint density at radius 1 is 1.32 bits per heavy atom. The SMILES string of the molecule is CCCNC(=O)CN(c1ccc(CN)cc1)C(C)C. The molecule has 0 atom stereocenters. The lowest BCUT2D eigenvalue weighted by molar-refractivity contribution is -0.119. The predicted octanol–water partition coefficient (Wildman–Crippen LogP) is 1.89. The predicted molar refractivity (Wildman–Crippen MR) is 80.1 cm³/mol. The number of rotatable bonds is 7. The Labute approximate surface area is 116 Å². The molecule has 19 heavy (non-hydrogen) atoms. The van der Waals surface area contributed by atoms with Crippen LogP contribution in [0.1, 0.15) is 32.8 Å². The van der Waals surface area contributed by atoms with Crippen LogP contribution in [0.5, 0.6) is 0 Å². The minimum Gasteiger partial charge on any atom is -0.360 e. The average molecular weight is 263 g/mol. The van der Waals surface area contributed by atoms with Gasteiger partial charge in [-0.3, -0.25) is 4.79 Å². The second-order valence-electron chi connectivity index (χ2n) is 4.94. The molecule has 0 radical (unpaired) electrons. The number of hydrogen-bond acceptors (Lipinski definition) is 3. The molecule has 1 aromatic carbocycles. The topological polar surface area (TPSA) is 58.4 Å². The molecule has 106 valence electrons. The van der Waals surface area contributed by atoms with Gasteiger partial charge in [0, 0.05) is 24.8 Å². The Morgan fingerprint density at radius 2 is 1.95 bits per heavy atom. The number of carbonyl (C=O) groups is 1. The molecule has 0 heterocycles. The van der Waals surface area contributed by atoms with Crippen LogP contribution in [0.3, 0.4) is 0 Å². The van der Waals surface area contributed by atoms with Crippen LogP contribution in [-0.4, -0.2) is 25.0 Å². The Hall–Kier alpha value is -1.55. The Kier molecular flexibility index (Phi) is 6.36. The van der Waals surface area contributed by atoms with Crippen molar-refractivity contribution in [3.63, 3.8) is 0 Å². The van der Waals surface area contributed by atoms with Crippen LogP contribution in [0.4, 0.5) is 5.69 Å². The molecule has 3 N–H and O–H groups in total. The van der Waals surface area contributed by atoms with E-state index in [-0.39, 0.29) is 11.9 Å². The maximum atomic E-state index is 11.8. The lowest BCUT2D eigenvalue weighted by atomic mass is 10.1. The van der Waals surface area contributed by atoms with Gasteiger partial charge >= 0.3 is 0 Å². The zero-order chi connectivity index (χ0) is 14.3. The quantitative estimate of drug-likeness (QED) is 0.790. The standard InChI is InChI=1S/C15H25N3O/c1-4-9-17-15(19)11-18(12(2)3)14-7-5-13(10-16)6-8-14/h5-8,12H,4,9-11,16H2,1-3H3,(H,17,19). The molecule has 0 fully saturated rings. The molecule has 0 saturated heterocycles. The lowest BCUT2D eigenvalue weighted by Gasteiger charge is -2.28. The number of carbonyl (C=O) groups excluding carboxylic acids is 1. The molecule has 0 aliphatic carbocycles. The average Bonchev–Trinajstić information content (AvgIpc) is 2.42. The first kappa shape index (κ1) is 15.5. The van der Waals surface area contributed by atoms with Crippen LogP contribution >= 0.6 is 0 Å². The third-order valence-electron chi connectivity index (χ3n) is 3.01. The van der Waals surface area contributed by atoms with Crippen molar-refractivity contribution in [3.8, 4) is 0 Å². The highest BCUT2D eigenvalue weighted by molar-refractivity contribution is 5.81. The summed E-state index contributed by atoms with van der Waals surface area (Å²) in [4.78, 5) is 13.9. The summed E-state index contributed by atoms with van der Waals surface area (Å²) in [5.41, 5.74) is 7.75. The Morgan fingerprint density at radius 3 is 2.42 bits per heavy atom. The van der Waals surface area contributed by atoms with Crippen LogP contribution in [0.25, 0.3) is 0 Å². The summed E-state index contributed by atoms with van der Waals surface area (Å²) < 4.78 is 0. The van der Waals surface area contributed by atoms with Crippen molar-refractivity contribution < 1.29 is 4.79 Å². The fourth-order valence-electron chi connectivity index (χ4n) is 1.87. The van der Waals surface area contributed by atoms with Gasteiger partial charge in [0.1, 0.15) is 0 Å². The van der Waals surface area contributed by atoms with Gasteiger partial charge in [-0.1, -0.05) is 19.1 Å². The van der Waals surface area contributed by atoms with Crippen molar-refractivity contribution in [2.75, 3.05) is 18.0 Å². The van der Waals surface area contributed by atoms with E-state index in [2.05, 4.69) is 24.1 Å². The third kappa shape index (κ3) is 4.91. The molecule has 0 aromatic heterocycles.